The average molecular weight is 301 g/mol. The number of hydrogen-bond acceptors (Lipinski definition) is 4. The number of imidazole rings is 1. The zero-order chi connectivity index (χ0) is 15.0. The Morgan fingerprint density at radius 3 is 2.86 bits per heavy atom. The smallest absolute Gasteiger partial charge is 0.337 e. The van der Waals surface area contributed by atoms with Crippen molar-refractivity contribution in [1.29, 1.82) is 0 Å². The van der Waals surface area contributed by atoms with Crippen molar-refractivity contribution in [3.8, 4) is 0 Å². The van der Waals surface area contributed by atoms with E-state index in [1.807, 2.05) is 30.7 Å². The molecule has 0 radical (unpaired) electrons. The van der Waals surface area contributed by atoms with Crippen molar-refractivity contribution in [3.63, 3.8) is 0 Å². The average Bonchev–Trinajstić information content (AvgIpc) is 3.03. The summed E-state index contributed by atoms with van der Waals surface area (Å²) in [6, 6.07) is 5.20. The maximum atomic E-state index is 11.5. The molecule has 0 saturated carbocycles. The fourth-order valence-electron chi connectivity index (χ4n) is 2.46. The van der Waals surface area contributed by atoms with E-state index in [-0.39, 0.29) is 5.56 Å². The van der Waals surface area contributed by atoms with Crippen LogP contribution < -0.4 is 0 Å². The molecule has 0 bridgehead atoms. The summed E-state index contributed by atoms with van der Waals surface area (Å²) in [5, 5.41) is 10.4. The maximum absolute atomic E-state index is 11.5. The molecule has 0 unspecified atom stereocenters. The maximum Gasteiger partial charge on any atom is 0.337 e. The van der Waals surface area contributed by atoms with Crippen LogP contribution in [0.4, 0.5) is 0 Å². The van der Waals surface area contributed by atoms with Gasteiger partial charge in [-0.3, -0.25) is 0 Å². The van der Waals surface area contributed by atoms with E-state index in [0.717, 1.165) is 27.6 Å². The van der Waals surface area contributed by atoms with Crippen molar-refractivity contribution >= 4 is 28.3 Å². The molecule has 0 fully saturated rings. The van der Waals surface area contributed by atoms with Crippen molar-refractivity contribution in [2.75, 3.05) is 0 Å². The summed E-state index contributed by atoms with van der Waals surface area (Å²) in [6.07, 6.45) is 2.58. The minimum absolute atomic E-state index is 0.285. The van der Waals surface area contributed by atoms with E-state index in [2.05, 4.69) is 9.97 Å². The first-order chi connectivity index (χ1) is 10.1. The Kier molecular flexibility index (Phi) is 3.47. The number of carboxylic acids is 1. The van der Waals surface area contributed by atoms with Crippen molar-refractivity contribution in [2.24, 2.45) is 0 Å². The summed E-state index contributed by atoms with van der Waals surface area (Å²) in [5.41, 5.74) is 1.68. The molecule has 0 amide bonds. The molecule has 3 aromatic rings. The Hall–Kier alpha value is -2.21. The third kappa shape index (κ3) is 2.42. The van der Waals surface area contributed by atoms with Crippen molar-refractivity contribution < 1.29 is 9.90 Å². The van der Waals surface area contributed by atoms with E-state index in [1.54, 1.807) is 23.5 Å². The fourth-order valence-corrected chi connectivity index (χ4v) is 3.23. The number of thiazole rings is 1. The van der Waals surface area contributed by atoms with Gasteiger partial charge in [0.25, 0.3) is 0 Å². The number of fused-ring (bicyclic) bond motifs is 1. The normalized spacial score (nSPS) is 11.1. The van der Waals surface area contributed by atoms with Gasteiger partial charge < -0.3 is 9.67 Å². The van der Waals surface area contributed by atoms with Crippen LogP contribution in [0.2, 0.25) is 0 Å². The highest BCUT2D eigenvalue weighted by Gasteiger charge is 2.17. The SMILES string of the molecule is CCc1nc2cccc(C(=O)O)c2n1Cc1ncc(C)s1. The van der Waals surface area contributed by atoms with Gasteiger partial charge in [-0.15, -0.1) is 11.3 Å². The van der Waals surface area contributed by atoms with Gasteiger partial charge in [0.1, 0.15) is 10.8 Å². The zero-order valence-corrected chi connectivity index (χ0v) is 12.6. The molecule has 2 heterocycles. The van der Waals surface area contributed by atoms with E-state index in [4.69, 9.17) is 0 Å². The first-order valence-electron chi connectivity index (χ1n) is 6.73. The van der Waals surface area contributed by atoms with Gasteiger partial charge in [-0.25, -0.2) is 14.8 Å². The van der Waals surface area contributed by atoms with Gasteiger partial charge in [0.15, 0.2) is 0 Å². The largest absolute Gasteiger partial charge is 0.478 e. The summed E-state index contributed by atoms with van der Waals surface area (Å²) in [5.74, 6) is -0.0497. The minimum Gasteiger partial charge on any atom is -0.478 e. The predicted octanol–water partition coefficient (Wildman–Crippen LogP) is 3.11. The summed E-state index contributed by atoms with van der Waals surface area (Å²) < 4.78 is 1.97. The van der Waals surface area contributed by atoms with E-state index < -0.39 is 5.97 Å². The Bertz CT molecular complexity index is 820. The van der Waals surface area contributed by atoms with E-state index >= 15 is 0 Å². The molecular formula is C15H15N3O2S. The highest BCUT2D eigenvalue weighted by atomic mass is 32.1. The monoisotopic (exact) mass is 301 g/mol. The quantitative estimate of drug-likeness (QED) is 0.804. The number of hydrogen-bond donors (Lipinski definition) is 1. The van der Waals surface area contributed by atoms with Gasteiger partial charge in [-0.2, -0.15) is 0 Å². The lowest BCUT2D eigenvalue weighted by Crippen LogP contribution is -2.07. The van der Waals surface area contributed by atoms with Gasteiger partial charge >= 0.3 is 5.97 Å². The summed E-state index contributed by atoms with van der Waals surface area (Å²) in [6.45, 7) is 4.59. The Morgan fingerprint density at radius 2 is 2.24 bits per heavy atom. The molecule has 21 heavy (non-hydrogen) atoms. The van der Waals surface area contributed by atoms with Gasteiger partial charge in [0, 0.05) is 17.5 Å². The van der Waals surface area contributed by atoms with Crippen LogP contribution in [-0.4, -0.2) is 25.6 Å². The number of nitrogens with zero attached hydrogens (tertiary/aromatic N) is 3. The molecule has 108 valence electrons. The van der Waals surface area contributed by atoms with Crippen LogP contribution in [0.5, 0.6) is 0 Å². The predicted molar refractivity (Wildman–Crippen MR) is 82.0 cm³/mol. The van der Waals surface area contributed by atoms with Gasteiger partial charge in [-0.05, 0) is 19.1 Å². The van der Waals surface area contributed by atoms with E-state index in [1.165, 1.54) is 0 Å². The number of benzene rings is 1. The summed E-state index contributed by atoms with van der Waals surface area (Å²) in [4.78, 5) is 21.5. The second-order valence-electron chi connectivity index (χ2n) is 4.81. The molecule has 6 heteroatoms. The third-order valence-electron chi connectivity index (χ3n) is 3.35. The van der Waals surface area contributed by atoms with Gasteiger partial charge in [0.2, 0.25) is 0 Å². The van der Waals surface area contributed by atoms with Crippen molar-refractivity contribution in [1.82, 2.24) is 14.5 Å². The first-order valence-corrected chi connectivity index (χ1v) is 7.54. The van der Waals surface area contributed by atoms with Crippen molar-refractivity contribution in [2.45, 2.75) is 26.8 Å². The van der Waals surface area contributed by atoms with Crippen LogP contribution in [0.15, 0.2) is 24.4 Å². The number of para-hydroxylation sites is 1. The number of aryl methyl sites for hydroxylation is 2. The van der Waals surface area contributed by atoms with Crippen LogP contribution >= 0.6 is 11.3 Å². The lowest BCUT2D eigenvalue weighted by Gasteiger charge is -2.07. The highest BCUT2D eigenvalue weighted by molar-refractivity contribution is 7.11. The van der Waals surface area contributed by atoms with Crippen LogP contribution in [0.1, 0.15) is 33.0 Å². The van der Waals surface area contributed by atoms with Crippen LogP contribution in [0.3, 0.4) is 0 Å². The molecule has 0 saturated heterocycles. The Balaban J connectivity index is 2.20. The molecule has 0 aliphatic heterocycles. The summed E-state index contributed by atoms with van der Waals surface area (Å²) in [7, 11) is 0. The fraction of sp³-hybridized carbons (Fsp3) is 0.267. The molecule has 3 rings (SSSR count). The molecule has 1 N–H and O–H groups in total. The number of carboxylic acid groups (broad SMARTS) is 1. The molecule has 0 atom stereocenters. The zero-order valence-electron chi connectivity index (χ0n) is 11.8. The van der Waals surface area contributed by atoms with Gasteiger partial charge in [-0.1, -0.05) is 13.0 Å². The molecule has 2 aromatic heterocycles. The lowest BCUT2D eigenvalue weighted by molar-refractivity contribution is 0.0698. The molecule has 5 nitrogen and oxygen atoms in total. The minimum atomic E-state index is -0.931. The van der Waals surface area contributed by atoms with Crippen molar-refractivity contribution in [3.05, 3.63) is 45.7 Å². The Morgan fingerprint density at radius 1 is 1.43 bits per heavy atom. The van der Waals surface area contributed by atoms with Crippen LogP contribution in [-0.2, 0) is 13.0 Å². The second kappa shape index (κ2) is 5.29. The molecule has 1 aromatic carbocycles. The van der Waals surface area contributed by atoms with Crippen LogP contribution in [0, 0.1) is 6.92 Å². The van der Waals surface area contributed by atoms with Crippen LogP contribution in [0.25, 0.3) is 11.0 Å². The topological polar surface area (TPSA) is 68.0 Å². The summed E-state index contributed by atoms with van der Waals surface area (Å²) >= 11 is 1.62. The number of carbonyl (C=O) groups is 1. The second-order valence-corrected chi connectivity index (χ2v) is 6.13. The number of aromatic carboxylic acids is 1. The van der Waals surface area contributed by atoms with Gasteiger partial charge in [0.05, 0.1) is 23.1 Å². The number of aromatic nitrogens is 3. The first kappa shape index (κ1) is 13.8. The molecule has 0 aliphatic rings. The van der Waals surface area contributed by atoms with E-state index in [0.29, 0.717) is 12.1 Å². The van der Waals surface area contributed by atoms with E-state index in [9.17, 15) is 9.90 Å². The highest BCUT2D eigenvalue weighted by Crippen LogP contribution is 2.23. The molecule has 0 spiro atoms. The standard InChI is InChI=1S/C15H15N3O2S/c1-3-12-17-11-6-4-5-10(15(19)20)14(11)18(12)8-13-16-7-9(2)21-13/h4-7H,3,8H2,1-2H3,(H,19,20). The third-order valence-corrected chi connectivity index (χ3v) is 4.25. The molecular weight excluding hydrogens is 286 g/mol. The Labute approximate surface area is 125 Å². The lowest BCUT2D eigenvalue weighted by atomic mass is 10.2. The molecule has 0 aliphatic carbocycles. The number of rotatable bonds is 4.